The minimum absolute atomic E-state index is 0.359. The van der Waals surface area contributed by atoms with Crippen LogP contribution >= 0.6 is 11.5 Å². The summed E-state index contributed by atoms with van der Waals surface area (Å²) < 4.78 is 16.9. The summed E-state index contributed by atoms with van der Waals surface area (Å²) in [5.41, 5.74) is 0.584. The molecular formula is C11H13FN4S. The van der Waals surface area contributed by atoms with Crippen molar-refractivity contribution in [2.45, 2.75) is 13.8 Å². The van der Waals surface area contributed by atoms with Gasteiger partial charge in [0.1, 0.15) is 11.5 Å². The van der Waals surface area contributed by atoms with E-state index in [1.54, 1.807) is 6.07 Å². The summed E-state index contributed by atoms with van der Waals surface area (Å²) in [6, 6.07) is 2.92. The van der Waals surface area contributed by atoms with Crippen molar-refractivity contribution in [2.75, 3.05) is 11.9 Å². The van der Waals surface area contributed by atoms with Crippen LogP contribution < -0.4 is 5.32 Å². The van der Waals surface area contributed by atoms with Crippen molar-refractivity contribution in [3.63, 3.8) is 0 Å². The van der Waals surface area contributed by atoms with Gasteiger partial charge >= 0.3 is 0 Å². The molecule has 0 radical (unpaired) electrons. The molecule has 90 valence electrons. The first-order valence-corrected chi connectivity index (χ1v) is 6.12. The van der Waals surface area contributed by atoms with Crippen LogP contribution in [0.5, 0.6) is 0 Å². The third kappa shape index (κ3) is 3.20. The van der Waals surface area contributed by atoms with E-state index in [0.717, 1.165) is 17.9 Å². The normalized spacial score (nSPS) is 10.8. The van der Waals surface area contributed by atoms with Crippen molar-refractivity contribution in [3.05, 3.63) is 24.1 Å². The summed E-state index contributed by atoms with van der Waals surface area (Å²) in [4.78, 5) is 8.23. The van der Waals surface area contributed by atoms with Crippen LogP contribution in [0.1, 0.15) is 13.8 Å². The van der Waals surface area contributed by atoms with Crippen LogP contribution in [0.4, 0.5) is 9.52 Å². The summed E-state index contributed by atoms with van der Waals surface area (Å²) in [6.45, 7) is 5.10. The highest BCUT2D eigenvalue weighted by Crippen LogP contribution is 2.19. The average Bonchev–Trinajstić information content (AvgIpc) is 2.76. The first kappa shape index (κ1) is 11.9. The molecule has 0 saturated heterocycles. The number of nitrogens with zero attached hydrogens (tertiary/aromatic N) is 3. The van der Waals surface area contributed by atoms with Crippen LogP contribution in [0.3, 0.4) is 0 Å². The maximum absolute atomic E-state index is 12.7. The standard InChI is InChI=1S/C11H13FN4S/c1-7(2)5-14-11-15-10(16-17-11)9-4-3-8(12)6-13-9/h3-4,6-7H,5H2,1-2H3,(H,14,15,16). The van der Waals surface area contributed by atoms with Crippen LogP contribution in [-0.4, -0.2) is 20.9 Å². The van der Waals surface area contributed by atoms with Gasteiger partial charge in [0, 0.05) is 18.1 Å². The number of halogens is 1. The third-order valence-electron chi connectivity index (χ3n) is 2.04. The molecule has 2 aromatic rings. The Morgan fingerprint density at radius 1 is 1.41 bits per heavy atom. The Bertz CT molecular complexity index is 480. The molecule has 17 heavy (non-hydrogen) atoms. The summed E-state index contributed by atoms with van der Waals surface area (Å²) in [7, 11) is 0. The number of aromatic nitrogens is 3. The van der Waals surface area contributed by atoms with Crippen LogP contribution in [0.2, 0.25) is 0 Å². The molecule has 0 amide bonds. The van der Waals surface area contributed by atoms with Crippen molar-refractivity contribution in [2.24, 2.45) is 5.92 Å². The van der Waals surface area contributed by atoms with E-state index in [2.05, 4.69) is 33.5 Å². The molecular weight excluding hydrogens is 239 g/mol. The molecule has 0 bridgehead atoms. The van der Waals surface area contributed by atoms with Crippen LogP contribution in [0.25, 0.3) is 11.5 Å². The molecule has 2 rings (SSSR count). The maximum Gasteiger partial charge on any atom is 0.202 e. The largest absolute Gasteiger partial charge is 0.360 e. The Morgan fingerprint density at radius 3 is 2.88 bits per heavy atom. The molecule has 4 nitrogen and oxygen atoms in total. The summed E-state index contributed by atoms with van der Waals surface area (Å²) in [5, 5.41) is 3.95. The number of pyridine rings is 1. The van der Waals surface area contributed by atoms with Gasteiger partial charge in [0.2, 0.25) is 5.13 Å². The fourth-order valence-electron chi connectivity index (χ4n) is 1.20. The van der Waals surface area contributed by atoms with Gasteiger partial charge in [0.15, 0.2) is 5.82 Å². The number of nitrogens with one attached hydrogen (secondary N) is 1. The Labute approximate surface area is 103 Å². The van der Waals surface area contributed by atoms with E-state index in [0.29, 0.717) is 17.4 Å². The van der Waals surface area contributed by atoms with Gasteiger partial charge in [-0.3, -0.25) is 0 Å². The van der Waals surface area contributed by atoms with Crippen LogP contribution in [0, 0.1) is 11.7 Å². The second-order valence-electron chi connectivity index (χ2n) is 4.06. The quantitative estimate of drug-likeness (QED) is 0.909. The van der Waals surface area contributed by atoms with Crippen molar-refractivity contribution in [3.8, 4) is 11.5 Å². The van der Waals surface area contributed by atoms with Crippen molar-refractivity contribution < 1.29 is 4.39 Å². The molecule has 2 aromatic heterocycles. The predicted molar refractivity (Wildman–Crippen MR) is 66.4 cm³/mol. The van der Waals surface area contributed by atoms with E-state index in [9.17, 15) is 4.39 Å². The van der Waals surface area contributed by atoms with E-state index in [1.165, 1.54) is 17.6 Å². The lowest BCUT2D eigenvalue weighted by Gasteiger charge is -2.03. The molecule has 6 heteroatoms. The SMILES string of the molecule is CC(C)CNc1nc(-c2ccc(F)cn2)ns1. The maximum atomic E-state index is 12.7. The van der Waals surface area contributed by atoms with Gasteiger partial charge in [-0.1, -0.05) is 13.8 Å². The zero-order chi connectivity index (χ0) is 12.3. The molecule has 1 N–H and O–H groups in total. The van der Waals surface area contributed by atoms with Crippen molar-refractivity contribution >= 4 is 16.7 Å². The zero-order valence-corrected chi connectivity index (χ0v) is 10.5. The number of anilines is 1. The van der Waals surface area contributed by atoms with Gasteiger partial charge in [0.05, 0.1) is 6.20 Å². The Balaban J connectivity index is 2.10. The van der Waals surface area contributed by atoms with Gasteiger partial charge in [0.25, 0.3) is 0 Å². The minimum Gasteiger partial charge on any atom is -0.360 e. The highest BCUT2D eigenvalue weighted by molar-refractivity contribution is 7.09. The molecule has 2 heterocycles. The van der Waals surface area contributed by atoms with Gasteiger partial charge in [-0.15, -0.1) is 0 Å². The monoisotopic (exact) mass is 252 g/mol. The molecule has 0 aromatic carbocycles. The summed E-state index contributed by atoms with van der Waals surface area (Å²) >= 11 is 1.28. The molecule has 0 aliphatic carbocycles. The van der Waals surface area contributed by atoms with E-state index in [-0.39, 0.29) is 5.82 Å². The smallest absolute Gasteiger partial charge is 0.202 e. The summed E-state index contributed by atoms with van der Waals surface area (Å²) in [5.74, 6) is 0.717. The molecule has 0 aliphatic heterocycles. The summed E-state index contributed by atoms with van der Waals surface area (Å²) in [6.07, 6.45) is 1.16. The highest BCUT2D eigenvalue weighted by atomic mass is 32.1. The highest BCUT2D eigenvalue weighted by Gasteiger charge is 2.07. The van der Waals surface area contributed by atoms with E-state index in [4.69, 9.17) is 0 Å². The van der Waals surface area contributed by atoms with E-state index >= 15 is 0 Å². The zero-order valence-electron chi connectivity index (χ0n) is 9.64. The second kappa shape index (κ2) is 5.18. The Hall–Kier alpha value is -1.56. The lowest BCUT2D eigenvalue weighted by atomic mass is 10.2. The predicted octanol–water partition coefficient (Wildman–Crippen LogP) is 2.81. The molecule has 0 atom stereocenters. The fourth-order valence-corrected chi connectivity index (χ4v) is 1.78. The van der Waals surface area contributed by atoms with Gasteiger partial charge in [-0.25, -0.2) is 9.37 Å². The van der Waals surface area contributed by atoms with Gasteiger partial charge < -0.3 is 5.32 Å². The van der Waals surface area contributed by atoms with E-state index < -0.39 is 0 Å². The topological polar surface area (TPSA) is 50.7 Å². The Kier molecular flexibility index (Phi) is 3.63. The van der Waals surface area contributed by atoms with Gasteiger partial charge in [-0.05, 0) is 18.1 Å². The fraction of sp³-hybridized carbons (Fsp3) is 0.364. The second-order valence-corrected chi connectivity index (χ2v) is 4.81. The third-order valence-corrected chi connectivity index (χ3v) is 2.72. The van der Waals surface area contributed by atoms with Crippen LogP contribution in [0.15, 0.2) is 18.3 Å². The lowest BCUT2D eigenvalue weighted by Crippen LogP contribution is -2.07. The minimum atomic E-state index is -0.359. The number of hydrogen-bond donors (Lipinski definition) is 1. The molecule has 0 aliphatic rings. The molecule has 0 unspecified atom stereocenters. The lowest BCUT2D eigenvalue weighted by molar-refractivity contribution is 0.621. The van der Waals surface area contributed by atoms with Crippen molar-refractivity contribution in [1.29, 1.82) is 0 Å². The molecule has 0 spiro atoms. The van der Waals surface area contributed by atoms with Gasteiger partial charge in [-0.2, -0.15) is 9.36 Å². The molecule has 0 saturated carbocycles. The average molecular weight is 252 g/mol. The first-order chi connectivity index (χ1) is 8.15. The first-order valence-electron chi connectivity index (χ1n) is 5.34. The Morgan fingerprint density at radius 2 is 2.24 bits per heavy atom. The molecule has 0 fully saturated rings. The number of hydrogen-bond acceptors (Lipinski definition) is 5. The number of rotatable bonds is 4. The van der Waals surface area contributed by atoms with Crippen molar-refractivity contribution in [1.82, 2.24) is 14.3 Å². The van der Waals surface area contributed by atoms with E-state index in [1.807, 2.05) is 0 Å². The van der Waals surface area contributed by atoms with Crippen LogP contribution in [-0.2, 0) is 0 Å².